The molecule has 0 unspecified atom stereocenters. The number of ketones is 1. The summed E-state index contributed by atoms with van der Waals surface area (Å²) in [6, 6.07) is 11.3. The van der Waals surface area contributed by atoms with Crippen LogP contribution in [0.3, 0.4) is 0 Å². The Balaban J connectivity index is 1.33. The first-order chi connectivity index (χ1) is 15.7. The van der Waals surface area contributed by atoms with Crippen LogP contribution in [0.25, 0.3) is 5.00 Å². The zero-order chi connectivity index (χ0) is 22.1. The molecule has 0 spiro atoms. The van der Waals surface area contributed by atoms with Crippen LogP contribution in [0, 0.1) is 5.92 Å². The minimum Gasteiger partial charge on any atom is -0.497 e. The van der Waals surface area contributed by atoms with Crippen molar-refractivity contribution in [2.45, 2.75) is 38.5 Å². The third kappa shape index (κ3) is 3.88. The van der Waals surface area contributed by atoms with Crippen LogP contribution in [0.1, 0.15) is 56.8 Å². The van der Waals surface area contributed by atoms with Gasteiger partial charge in [-0.2, -0.15) is 0 Å². The third-order valence-corrected chi connectivity index (χ3v) is 8.04. The quantitative estimate of drug-likeness (QED) is 0.507. The molecule has 1 saturated heterocycles. The van der Waals surface area contributed by atoms with E-state index in [4.69, 9.17) is 4.74 Å². The number of aromatic nitrogens is 1. The molecule has 0 saturated carbocycles. The number of aryl methyl sites for hydroxylation is 1. The van der Waals surface area contributed by atoms with Crippen LogP contribution < -0.4 is 4.74 Å². The number of fused-ring (bicyclic) bond motifs is 1. The standard InChI is InChI=1S/C26H28N2O3S/c1-31-20-10-8-18(9-11-20)24(29)19-12-16-27(17-13-19)25(30)23-21-6-2-3-7-22(21)32-26(23)28-14-4-5-15-28/h4-5,8-11,14-15,19H,2-3,6-7,12-13,16-17H2,1H3. The molecule has 0 atom stereocenters. The molecular weight excluding hydrogens is 420 g/mol. The Morgan fingerprint density at radius 1 is 1.00 bits per heavy atom. The number of rotatable bonds is 5. The Hall–Kier alpha value is -2.86. The van der Waals surface area contributed by atoms with Crippen molar-refractivity contribution in [3.05, 3.63) is 70.4 Å². The Kier molecular flexibility index (Phi) is 5.87. The summed E-state index contributed by atoms with van der Waals surface area (Å²) in [6.07, 6.45) is 9.87. The van der Waals surface area contributed by atoms with Gasteiger partial charge < -0.3 is 14.2 Å². The van der Waals surface area contributed by atoms with E-state index in [1.54, 1.807) is 18.4 Å². The average molecular weight is 449 g/mol. The maximum absolute atomic E-state index is 13.7. The fourth-order valence-corrected chi connectivity index (χ4v) is 6.26. The van der Waals surface area contributed by atoms with Crippen molar-refractivity contribution in [1.82, 2.24) is 9.47 Å². The molecule has 2 aliphatic rings. The fraction of sp³-hybridized carbons (Fsp3) is 0.385. The zero-order valence-electron chi connectivity index (χ0n) is 18.4. The first-order valence-electron chi connectivity index (χ1n) is 11.4. The van der Waals surface area contributed by atoms with Crippen molar-refractivity contribution in [1.29, 1.82) is 0 Å². The third-order valence-electron chi connectivity index (χ3n) is 6.73. The Labute approximate surface area is 192 Å². The van der Waals surface area contributed by atoms with E-state index in [1.165, 1.54) is 16.9 Å². The predicted octanol–water partition coefficient (Wildman–Crippen LogP) is 5.16. The number of carbonyl (C=O) groups excluding carboxylic acids is 2. The van der Waals surface area contributed by atoms with E-state index >= 15 is 0 Å². The predicted molar refractivity (Wildman–Crippen MR) is 126 cm³/mol. The number of piperidine rings is 1. The lowest BCUT2D eigenvalue weighted by Gasteiger charge is -2.32. The van der Waals surface area contributed by atoms with Crippen molar-refractivity contribution in [3.8, 4) is 10.8 Å². The summed E-state index contributed by atoms with van der Waals surface area (Å²) in [4.78, 5) is 30.0. The molecule has 5 nitrogen and oxygen atoms in total. The number of carbonyl (C=O) groups is 2. The maximum atomic E-state index is 13.7. The number of methoxy groups -OCH3 is 1. The van der Waals surface area contributed by atoms with Gasteiger partial charge in [0.15, 0.2) is 5.78 Å². The number of ether oxygens (including phenoxy) is 1. The van der Waals surface area contributed by atoms with Gasteiger partial charge in [-0.05, 0) is 80.5 Å². The SMILES string of the molecule is COc1ccc(C(=O)C2CCN(C(=O)c3c(-n4cccc4)sc4c3CCCC4)CC2)cc1. The molecule has 3 heterocycles. The normalized spacial score (nSPS) is 16.6. The second-order valence-electron chi connectivity index (χ2n) is 8.64. The molecule has 0 bridgehead atoms. The highest BCUT2D eigenvalue weighted by molar-refractivity contribution is 7.15. The smallest absolute Gasteiger partial charge is 0.257 e. The molecule has 1 aliphatic heterocycles. The van der Waals surface area contributed by atoms with E-state index in [0.717, 1.165) is 41.1 Å². The fourth-order valence-electron chi connectivity index (χ4n) is 4.92. The van der Waals surface area contributed by atoms with Crippen molar-refractivity contribution >= 4 is 23.0 Å². The lowest BCUT2D eigenvalue weighted by atomic mass is 9.88. The van der Waals surface area contributed by atoms with Crippen molar-refractivity contribution in [2.75, 3.05) is 20.2 Å². The van der Waals surface area contributed by atoms with Crippen molar-refractivity contribution in [3.63, 3.8) is 0 Å². The first-order valence-corrected chi connectivity index (χ1v) is 12.2. The highest BCUT2D eigenvalue weighted by Gasteiger charge is 2.33. The number of likely N-dealkylation sites (tertiary alicyclic amines) is 1. The Bertz CT molecular complexity index is 1110. The van der Waals surface area contributed by atoms with Crippen LogP contribution in [0.15, 0.2) is 48.8 Å². The Morgan fingerprint density at radius 3 is 2.38 bits per heavy atom. The lowest BCUT2D eigenvalue weighted by molar-refractivity contribution is 0.0649. The van der Waals surface area contributed by atoms with Gasteiger partial charge in [0.25, 0.3) is 5.91 Å². The van der Waals surface area contributed by atoms with E-state index in [-0.39, 0.29) is 17.6 Å². The van der Waals surface area contributed by atoms with Crippen molar-refractivity contribution < 1.29 is 14.3 Å². The van der Waals surface area contributed by atoms with Crippen LogP contribution in [-0.2, 0) is 12.8 Å². The minimum atomic E-state index is -0.0345. The monoisotopic (exact) mass is 448 g/mol. The van der Waals surface area contributed by atoms with E-state index < -0.39 is 0 Å². The van der Waals surface area contributed by atoms with Gasteiger partial charge in [-0.3, -0.25) is 9.59 Å². The molecule has 1 fully saturated rings. The minimum absolute atomic E-state index is 0.0345. The van der Waals surface area contributed by atoms with Crippen LogP contribution in [0.5, 0.6) is 5.75 Å². The molecular formula is C26H28N2O3S. The Morgan fingerprint density at radius 2 is 1.69 bits per heavy atom. The van der Waals surface area contributed by atoms with E-state index in [0.29, 0.717) is 25.9 Å². The largest absolute Gasteiger partial charge is 0.497 e. The number of Topliss-reactive ketones (excluding diaryl/α,β-unsaturated/α-hetero) is 1. The van der Waals surface area contributed by atoms with E-state index in [9.17, 15) is 9.59 Å². The molecule has 1 amide bonds. The molecule has 2 aromatic heterocycles. The highest BCUT2D eigenvalue weighted by atomic mass is 32.1. The van der Waals surface area contributed by atoms with Crippen LogP contribution >= 0.6 is 11.3 Å². The van der Waals surface area contributed by atoms with Gasteiger partial charge >= 0.3 is 0 Å². The number of amides is 1. The number of thiophene rings is 1. The summed E-state index contributed by atoms with van der Waals surface area (Å²) < 4.78 is 7.27. The van der Waals surface area contributed by atoms with Gasteiger partial charge in [-0.1, -0.05) is 0 Å². The summed E-state index contributed by atoms with van der Waals surface area (Å²) in [7, 11) is 1.62. The number of hydrogen-bond donors (Lipinski definition) is 0. The second-order valence-corrected chi connectivity index (χ2v) is 9.72. The molecule has 1 aromatic carbocycles. The summed E-state index contributed by atoms with van der Waals surface area (Å²) in [6.45, 7) is 1.25. The molecule has 166 valence electrons. The molecule has 6 heteroatoms. The van der Waals surface area contributed by atoms with Gasteiger partial charge in [-0.25, -0.2) is 0 Å². The molecule has 3 aromatic rings. The van der Waals surface area contributed by atoms with Crippen LogP contribution in [-0.4, -0.2) is 41.4 Å². The molecule has 0 N–H and O–H groups in total. The number of nitrogens with zero attached hydrogens (tertiary/aromatic N) is 2. The molecule has 5 rings (SSSR count). The topological polar surface area (TPSA) is 51.5 Å². The summed E-state index contributed by atoms with van der Waals surface area (Å²) in [5.41, 5.74) is 2.87. The molecule has 32 heavy (non-hydrogen) atoms. The number of benzene rings is 1. The average Bonchev–Trinajstić information content (AvgIpc) is 3.51. The van der Waals surface area contributed by atoms with Crippen LogP contribution in [0.4, 0.5) is 0 Å². The maximum Gasteiger partial charge on any atom is 0.257 e. The van der Waals surface area contributed by atoms with Crippen LogP contribution in [0.2, 0.25) is 0 Å². The molecule has 1 aliphatic carbocycles. The first kappa shape index (κ1) is 21.0. The number of hydrogen-bond acceptors (Lipinski definition) is 4. The van der Waals surface area contributed by atoms with Gasteiger partial charge in [0.05, 0.1) is 12.7 Å². The van der Waals surface area contributed by atoms with E-state index in [2.05, 4.69) is 4.57 Å². The van der Waals surface area contributed by atoms with Gasteiger partial charge in [0.2, 0.25) is 0 Å². The summed E-state index contributed by atoms with van der Waals surface area (Å²) in [5.74, 6) is 1.01. The van der Waals surface area contributed by atoms with Gasteiger partial charge in [0.1, 0.15) is 10.8 Å². The van der Waals surface area contributed by atoms with Gasteiger partial charge in [-0.15, -0.1) is 11.3 Å². The van der Waals surface area contributed by atoms with Gasteiger partial charge in [0, 0.05) is 41.8 Å². The second kappa shape index (κ2) is 8.94. The lowest BCUT2D eigenvalue weighted by Crippen LogP contribution is -2.40. The molecule has 0 radical (unpaired) electrons. The van der Waals surface area contributed by atoms with E-state index in [1.807, 2.05) is 53.7 Å². The summed E-state index contributed by atoms with van der Waals surface area (Å²) >= 11 is 1.77. The summed E-state index contributed by atoms with van der Waals surface area (Å²) in [5, 5.41) is 1.04. The zero-order valence-corrected chi connectivity index (χ0v) is 19.2. The van der Waals surface area contributed by atoms with Crippen molar-refractivity contribution in [2.24, 2.45) is 5.92 Å². The highest BCUT2D eigenvalue weighted by Crippen LogP contribution is 2.38.